The molecular weight excluding hydrogens is 381 g/mol. The zero-order valence-electron chi connectivity index (χ0n) is 17.4. The number of hydrogen-bond acceptors (Lipinski definition) is 3. The van der Waals surface area contributed by atoms with Crippen LogP contribution in [-0.2, 0) is 17.6 Å². The summed E-state index contributed by atoms with van der Waals surface area (Å²) >= 11 is 0. The number of H-pyrrole nitrogens is 1. The van der Waals surface area contributed by atoms with Gasteiger partial charge >= 0.3 is 0 Å². The maximum absolute atomic E-state index is 13.4. The topological polar surface area (TPSA) is 74.8 Å². The van der Waals surface area contributed by atoms with Crippen molar-refractivity contribution in [3.05, 3.63) is 99.0 Å². The number of aromatic amines is 1. The van der Waals surface area contributed by atoms with Gasteiger partial charge in [0.15, 0.2) is 0 Å². The van der Waals surface area contributed by atoms with Crippen molar-refractivity contribution in [3.63, 3.8) is 0 Å². The molecule has 1 atom stereocenters. The Morgan fingerprint density at radius 3 is 2.40 bits per heavy atom. The maximum atomic E-state index is 13.4. The monoisotopic (exact) mass is 407 g/mol. The molecule has 0 bridgehead atoms. The Labute approximate surface area is 175 Å². The molecule has 30 heavy (non-hydrogen) atoms. The van der Waals surface area contributed by atoms with Crippen LogP contribution in [0.15, 0.2) is 59.4 Å². The van der Waals surface area contributed by atoms with E-state index in [0.717, 1.165) is 16.7 Å². The highest BCUT2D eigenvalue weighted by Crippen LogP contribution is 2.19. The van der Waals surface area contributed by atoms with Crippen molar-refractivity contribution < 1.29 is 9.18 Å². The van der Waals surface area contributed by atoms with E-state index in [2.05, 4.69) is 15.3 Å². The van der Waals surface area contributed by atoms with Crippen LogP contribution in [0.25, 0.3) is 0 Å². The van der Waals surface area contributed by atoms with Gasteiger partial charge in [-0.2, -0.15) is 0 Å². The quantitative estimate of drug-likeness (QED) is 0.622. The smallest absolute Gasteiger partial charge is 0.251 e. The first-order chi connectivity index (χ1) is 14.3. The minimum Gasteiger partial charge on any atom is -0.349 e. The third-order valence-corrected chi connectivity index (χ3v) is 4.87. The Morgan fingerprint density at radius 2 is 1.77 bits per heavy atom. The molecule has 1 amide bonds. The molecule has 3 aromatic rings. The molecule has 0 radical (unpaired) electrons. The first-order valence-corrected chi connectivity index (χ1v) is 10.0. The predicted octanol–water partition coefficient (Wildman–Crippen LogP) is 3.98. The van der Waals surface area contributed by atoms with Gasteiger partial charge in [0.25, 0.3) is 5.56 Å². The number of nitrogens with one attached hydrogen (secondary N) is 2. The molecule has 3 rings (SSSR count). The number of aromatic nitrogens is 2. The van der Waals surface area contributed by atoms with E-state index in [4.69, 9.17) is 0 Å². The summed E-state index contributed by atoms with van der Waals surface area (Å²) in [5.74, 6) is 0.168. The molecule has 0 saturated heterocycles. The third kappa shape index (κ3) is 5.86. The summed E-state index contributed by atoms with van der Waals surface area (Å²) in [6.07, 6.45) is 0.562. The maximum Gasteiger partial charge on any atom is 0.251 e. The van der Waals surface area contributed by atoms with Crippen LogP contribution in [0.5, 0.6) is 0 Å². The van der Waals surface area contributed by atoms with Gasteiger partial charge in [-0.05, 0) is 30.2 Å². The number of amides is 1. The lowest BCUT2D eigenvalue weighted by Crippen LogP contribution is -2.32. The van der Waals surface area contributed by atoms with Gasteiger partial charge in [0.2, 0.25) is 5.91 Å². The van der Waals surface area contributed by atoms with Gasteiger partial charge in [0.1, 0.15) is 11.6 Å². The minimum absolute atomic E-state index is 0.0676. The molecule has 0 fully saturated rings. The van der Waals surface area contributed by atoms with Gasteiger partial charge in [-0.3, -0.25) is 9.59 Å². The Balaban J connectivity index is 1.83. The Hall–Kier alpha value is -3.28. The average Bonchev–Trinajstić information content (AvgIpc) is 2.69. The standard InChI is InChI=1S/C24H26FN3O2/c1-15(2)24-26-20(14-23(30)28-24)13-21(18-8-10-19(25)11-9-18)27-22(29)12-17-6-4-16(3)5-7-17/h4-11,14-15,21H,12-13H2,1-3H3,(H,27,29)(H,26,28,30)/t21-/m1/s1. The third-order valence-electron chi connectivity index (χ3n) is 4.87. The second kappa shape index (κ2) is 9.48. The molecule has 5 nitrogen and oxygen atoms in total. The molecular formula is C24H26FN3O2. The van der Waals surface area contributed by atoms with Gasteiger partial charge in [0.05, 0.1) is 18.2 Å². The van der Waals surface area contributed by atoms with E-state index in [1.54, 1.807) is 12.1 Å². The highest BCUT2D eigenvalue weighted by atomic mass is 19.1. The van der Waals surface area contributed by atoms with Gasteiger partial charge in [0, 0.05) is 18.4 Å². The molecule has 156 valence electrons. The summed E-state index contributed by atoms with van der Waals surface area (Å²) in [6, 6.07) is 14.8. The lowest BCUT2D eigenvalue weighted by Gasteiger charge is -2.20. The largest absolute Gasteiger partial charge is 0.349 e. The van der Waals surface area contributed by atoms with E-state index in [0.29, 0.717) is 17.9 Å². The van der Waals surface area contributed by atoms with Crippen LogP contribution >= 0.6 is 0 Å². The van der Waals surface area contributed by atoms with Crippen LogP contribution in [0, 0.1) is 12.7 Å². The van der Waals surface area contributed by atoms with Crippen molar-refractivity contribution in [1.29, 1.82) is 0 Å². The number of carbonyl (C=O) groups is 1. The summed E-state index contributed by atoms with van der Waals surface area (Å²) in [5, 5.41) is 3.02. The second-order valence-electron chi connectivity index (χ2n) is 7.81. The fourth-order valence-electron chi connectivity index (χ4n) is 3.20. The summed E-state index contributed by atoms with van der Waals surface area (Å²) in [6.45, 7) is 5.89. The molecule has 0 aliphatic carbocycles. The molecule has 0 aliphatic rings. The normalized spacial score (nSPS) is 12.0. The molecule has 6 heteroatoms. The van der Waals surface area contributed by atoms with Crippen molar-refractivity contribution in [1.82, 2.24) is 15.3 Å². The number of halogens is 1. The summed E-state index contributed by atoms with van der Waals surface area (Å²) in [5.41, 5.74) is 3.14. The highest BCUT2D eigenvalue weighted by Gasteiger charge is 2.18. The molecule has 2 N–H and O–H groups in total. The van der Waals surface area contributed by atoms with Crippen LogP contribution in [0.3, 0.4) is 0 Å². The molecule has 0 spiro atoms. The minimum atomic E-state index is -0.433. The van der Waals surface area contributed by atoms with Crippen molar-refractivity contribution in [2.45, 2.75) is 45.6 Å². The Kier molecular flexibility index (Phi) is 6.77. The lowest BCUT2D eigenvalue weighted by molar-refractivity contribution is -0.121. The number of benzene rings is 2. The number of hydrogen-bond donors (Lipinski definition) is 2. The summed E-state index contributed by atoms with van der Waals surface area (Å²) in [7, 11) is 0. The first kappa shape index (κ1) is 21.4. The molecule has 0 saturated carbocycles. The van der Waals surface area contributed by atoms with Crippen LogP contribution in [0.4, 0.5) is 4.39 Å². The van der Waals surface area contributed by atoms with Crippen molar-refractivity contribution in [2.24, 2.45) is 0 Å². The van der Waals surface area contributed by atoms with Gasteiger partial charge in [-0.15, -0.1) is 0 Å². The first-order valence-electron chi connectivity index (χ1n) is 10.0. The summed E-state index contributed by atoms with van der Waals surface area (Å²) in [4.78, 5) is 32.0. The van der Waals surface area contributed by atoms with E-state index >= 15 is 0 Å². The SMILES string of the molecule is Cc1ccc(CC(=O)N[C@H](Cc2cc(=O)[nH]c(C(C)C)n2)c2ccc(F)cc2)cc1. The van der Waals surface area contributed by atoms with E-state index in [1.165, 1.54) is 18.2 Å². The number of nitrogens with zero attached hydrogens (tertiary/aromatic N) is 1. The van der Waals surface area contributed by atoms with Crippen molar-refractivity contribution >= 4 is 5.91 Å². The fourth-order valence-corrected chi connectivity index (χ4v) is 3.20. The number of carbonyl (C=O) groups excluding carboxylic acids is 1. The fraction of sp³-hybridized carbons (Fsp3) is 0.292. The molecule has 1 aromatic heterocycles. The van der Waals surface area contributed by atoms with Crippen LogP contribution in [-0.4, -0.2) is 15.9 Å². The van der Waals surface area contributed by atoms with Gasteiger partial charge in [-0.1, -0.05) is 55.8 Å². The molecule has 1 heterocycles. The molecule has 0 aliphatic heterocycles. The van der Waals surface area contributed by atoms with E-state index in [1.807, 2.05) is 45.0 Å². The molecule has 0 unspecified atom stereocenters. The zero-order chi connectivity index (χ0) is 21.7. The van der Waals surface area contributed by atoms with Crippen LogP contribution in [0.1, 0.15) is 54.0 Å². The lowest BCUT2D eigenvalue weighted by atomic mass is 10.0. The highest BCUT2D eigenvalue weighted by molar-refractivity contribution is 5.79. The van der Waals surface area contributed by atoms with Crippen LogP contribution in [0.2, 0.25) is 0 Å². The Bertz CT molecular complexity index is 1060. The van der Waals surface area contributed by atoms with E-state index in [9.17, 15) is 14.0 Å². The summed E-state index contributed by atoms with van der Waals surface area (Å²) < 4.78 is 13.4. The van der Waals surface area contributed by atoms with E-state index < -0.39 is 6.04 Å². The Morgan fingerprint density at radius 1 is 1.10 bits per heavy atom. The molecule has 2 aromatic carbocycles. The average molecular weight is 407 g/mol. The van der Waals surface area contributed by atoms with Crippen LogP contribution < -0.4 is 10.9 Å². The van der Waals surface area contributed by atoms with Crippen molar-refractivity contribution in [2.75, 3.05) is 0 Å². The van der Waals surface area contributed by atoms with Gasteiger partial charge in [-0.25, -0.2) is 9.37 Å². The van der Waals surface area contributed by atoms with Crippen molar-refractivity contribution in [3.8, 4) is 0 Å². The second-order valence-corrected chi connectivity index (χ2v) is 7.81. The predicted molar refractivity (Wildman–Crippen MR) is 115 cm³/mol. The zero-order valence-corrected chi connectivity index (χ0v) is 17.4. The van der Waals surface area contributed by atoms with E-state index in [-0.39, 0.29) is 29.6 Å². The van der Waals surface area contributed by atoms with Gasteiger partial charge < -0.3 is 10.3 Å². The number of aryl methyl sites for hydroxylation is 1. The number of rotatable bonds is 7.